The van der Waals surface area contributed by atoms with E-state index in [1.807, 2.05) is 20.0 Å². The lowest BCUT2D eigenvalue weighted by molar-refractivity contribution is 0.0530. The summed E-state index contributed by atoms with van der Waals surface area (Å²) in [6.07, 6.45) is 3.04. The molecular formula is C15H21N5S. The summed E-state index contributed by atoms with van der Waals surface area (Å²) in [5, 5.41) is 4.17. The van der Waals surface area contributed by atoms with E-state index in [-0.39, 0.29) is 0 Å². The maximum absolute atomic E-state index is 4.63. The Labute approximate surface area is 129 Å². The largest absolute Gasteiger partial charge is 0.316 e. The molecule has 0 bridgehead atoms. The first-order valence-corrected chi connectivity index (χ1v) is 8.15. The Hall–Kier alpha value is -1.53. The van der Waals surface area contributed by atoms with Crippen LogP contribution in [0.15, 0.2) is 12.3 Å². The molecule has 0 aromatic carbocycles. The Morgan fingerprint density at radius 3 is 2.71 bits per heavy atom. The Balaban J connectivity index is 1.83. The molecule has 3 heterocycles. The monoisotopic (exact) mass is 303 g/mol. The fraction of sp³-hybridized carbons (Fsp3) is 0.533. The molecule has 0 amide bonds. The Bertz CT molecular complexity index is 637. The second-order valence-corrected chi connectivity index (χ2v) is 7.00. The van der Waals surface area contributed by atoms with Gasteiger partial charge in [-0.3, -0.25) is 4.90 Å². The zero-order valence-electron chi connectivity index (χ0n) is 12.9. The van der Waals surface area contributed by atoms with E-state index >= 15 is 0 Å². The average molecular weight is 303 g/mol. The number of aromatic nitrogens is 3. The minimum atomic E-state index is 0.422. The van der Waals surface area contributed by atoms with Gasteiger partial charge in [-0.15, -0.1) is 11.3 Å². The fourth-order valence-corrected chi connectivity index (χ4v) is 3.36. The summed E-state index contributed by atoms with van der Waals surface area (Å²) in [6, 6.07) is 3.03. The van der Waals surface area contributed by atoms with Crippen molar-refractivity contribution in [3.05, 3.63) is 28.7 Å². The second-order valence-electron chi connectivity index (χ2n) is 5.76. The topological polar surface area (TPSA) is 53.9 Å². The van der Waals surface area contributed by atoms with E-state index < -0.39 is 0 Å². The van der Waals surface area contributed by atoms with Crippen LogP contribution in [0.3, 0.4) is 0 Å². The molecule has 0 spiro atoms. The average Bonchev–Trinajstić information content (AvgIpc) is 2.71. The number of hydrogen-bond donors (Lipinski definition) is 1. The van der Waals surface area contributed by atoms with Gasteiger partial charge in [0.2, 0.25) is 0 Å². The molecule has 0 aliphatic carbocycles. The van der Waals surface area contributed by atoms with Gasteiger partial charge >= 0.3 is 0 Å². The van der Waals surface area contributed by atoms with Crippen LogP contribution in [0.1, 0.15) is 42.7 Å². The van der Waals surface area contributed by atoms with Gasteiger partial charge in [0.25, 0.3) is 0 Å². The fourth-order valence-electron chi connectivity index (χ4n) is 2.69. The number of anilines is 2. The summed E-state index contributed by atoms with van der Waals surface area (Å²) in [7, 11) is 0. The molecule has 1 aliphatic rings. The summed E-state index contributed by atoms with van der Waals surface area (Å²) in [5.74, 6) is 1.64. The molecule has 21 heavy (non-hydrogen) atoms. The van der Waals surface area contributed by atoms with E-state index in [9.17, 15) is 0 Å². The zero-order chi connectivity index (χ0) is 15.0. The zero-order valence-corrected chi connectivity index (χ0v) is 13.7. The molecule has 1 N–H and O–H groups in total. The molecule has 0 saturated carbocycles. The number of thiazole rings is 1. The standard InChI is InChI=1S/C15H21N5S/c1-9(2)20-6-5-13(20)12-7-14(18-11(4)17-12)19-15-16-8-10(3)21-15/h7-9,13H,5-6H2,1-4H3,(H,16,17,18,19). The number of aryl methyl sites for hydroxylation is 2. The number of hydrogen-bond acceptors (Lipinski definition) is 6. The molecule has 5 nitrogen and oxygen atoms in total. The van der Waals surface area contributed by atoms with Crippen LogP contribution in [0.25, 0.3) is 0 Å². The minimum Gasteiger partial charge on any atom is -0.316 e. The van der Waals surface area contributed by atoms with Crippen molar-refractivity contribution >= 4 is 22.3 Å². The number of rotatable bonds is 4. The van der Waals surface area contributed by atoms with Crippen LogP contribution in [0.5, 0.6) is 0 Å². The Kier molecular flexibility index (Phi) is 3.91. The van der Waals surface area contributed by atoms with E-state index in [0.29, 0.717) is 12.1 Å². The minimum absolute atomic E-state index is 0.422. The van der Waals surface area contributed by atoms with Crippen molar-refractivity contribution in [2.75, 3.05) is 11.9 Å². The third-order valence-corrected chi connectivity index (χ3v) is 4.61. The third kappa shape index (κ3) is 3.06. The molecule has 1 fully saturated rings. The lowest BCUT2D eigenvalue weighted by atomic mass is 9.97. The highest BCUT2D eigenvalue weighted by Gasteiger charge is 2.32. The molecule has 1 atom stereocenters. The number of nitrogens with zero attached hydrogens (tertiary/aromatic N) is 4. The predicted octanol–water partition coefficient (Wildman–Crippen LogP) is 3.45. The summed E-state index contributed by atoms with van der Waals surface area (Å²) < 4.78 is 0. The molecule has 1 aliphatic heterocycles. The highest BCUT2D eigenvalue weighted by molar-refractivity contribution is 7.15. The molecule has 1 unspecified atom stereocenters. The quantitative estimate of drug-likeness (QED) is 0.937. The van der Waals surface area contributed by atoms with Crippen molar-refractivity contribution in [3.8, 4) is 0 Å². The first-order valence-electron chi connectivity index (χ1n) is 7.33. The molecule has 0 radical (unpaired) electrons. The smallest absolute Gasteiger partial charge is 0.188 e. The SMILES string of the molecule is Cc1nc(Nc2ncc(C)s2)cc(C2CCN2C(C)C)n1. The normalized spacial score (nSPS) is 18.8. The van der Waals surface area contributed by atoms with Crippen molar-refractivity contribution in [3.63, 3.8) is 0 Å². The van der Waals surface area contributed by atoms with Crippen molar-refractivity contribution < 1.29 is 0 Å². The maximum Gasteiger partial charge on any atom is 0.188 e. The third-order valence-electron chi connectivity index (χ3n) is 3.78. The van der Waals surface area contributed by atoms with Crippen LogP contribution >= 0.6 is 11.3 Å². The summed E-state index contributed by atoms with van der Waals surface area (Å²) in [6.45, 7) is 9.61. The van der Waals surface area contributed by atoms with Crippen molar-refractivity contribution in [1.82, 2.24) is 19.9 Å². The maximum atomic E-state index is 4.63. The molecule has 3 rings (SSSR count). The molecule has 112 valence electrons. The second kappa shape index (κ2) is 5.69. The van der Waals surface area contributed by atoms with Crippen LogP contribution in [0.2, 0.25) is 0 Å². The van der Waals surface area contributed by atoms with Gasteiger partial charge in [-0.1, -0.05) is 0 Å². The van der Waals surface area contributed by atoms with E-state index in [1.54, 1.807) is 11.3 Å². The lowest BCUT2D eigenvalue weighted by Crippen LogP contribution is -2.45. The van der Waals surface area contributed by atoms with Crippen LogP contribution in [-0.2, 0) is 0 Å². The van der Waals surface area contributed by atoms with E-state index in [1.165, 1.54) is 11.3 Å². The summed E-state index contributed by atoms with van der Waals surface area (Å²) in [5.41, 5.74) is 1.11. The van der Waals surface area contributed by atoms with Crippen molar-refractivity contribution in [1.29, 1.82) is 0 Å². The number of nitrogens with one attached hydrogen (secondary N) is 1. The highest BCUT2D eigenvalue weighted by Crippen LogP contribution is 2.35. The van der Waals surface area contributed by atoms with Gasteiger partial charge in [0.05, 0.1) is 11.7 Å². The highest BCUT2D eigenvalue weighted by atomic mass is 32.1. The molecule has 2 aromatic heterocycles. The van der Waals surface area contributed by atoms with Gasteiger partial charge in [-0.05, 0) is 34.1 Å². The van der Waals surface area contributed by atoms with E-state index in [4.69, 9.17) is 0 Å². The molecule has 1 saturated heterocycles. The van der Waals surface area contributed by atoms with Crippen LogP contribution in [0, 0.1) is 13.8 Å². The molecule has 6 heteroatoms. The molecule has 2 aromatic rings. The van der Waals surface area contributed by atoms with Crippen LogP contribution in [0.4, 0.5) is 10.9 Å². The van der Waals surface area contributed by atoms with Crippen molar-refractivity contribution in [2.45, 2.75) is 46.2 Å². The van der Waals surface area contributed by atoms with E-state index in [2.05, 4.69) is 45.1 Å². The predicted molar refractivity (Wildman–Crippen MR) is 86.1 cm³/mol. The number of likely N-dealkylation sites (tertiary alicyclic amines) is 1. The van der Waals surface area contributed by atoms with E-state index in [0.717, 1.165) is 29.0 Å². The summed E-state index contributed by atoms with van der Waals surface area (Å²) in [4.78, 5) is 17.1. The van der Waals surface area contributed by atoms with Gasteiger partial charge in [0.15, 0.2) is 5.13 Å². The van der Waals surface area contributed by atoms with Crippen molar-refractivity contribution in [2.24, 2.45) is 0 Å². The first kappa shape index (κ1) is 14.4. The molecular weight excluding hydrogens is 282 g/mol. The lowest BCUT2D eigenvalue weighted by Gasteiger charge is -2.43. The Morgan fingerprint density at radius 2 is 2.14 bits per heavy atom. The van der Waals surface area contributed by atoms with Gasteiger partial charge in [-0.25, -0.2) is 15.0 Å². The van der Waals surface area contributed by atoms with Gasteiger partial charge in [0, 0.05) is 29.7 Å². The van der Waals surface area contributed by atoms with Crippen LogP contribution in [-0.4, -0.2) is 32.4 Å². The van der Waals surface area contributed by atoms with Gasteiger partial charge < -0.3 is 5.32 Å². The first-order chi connectivity index (χ1) is 10.0. The van der Waals surface area contributed by atoms with Crippen LogP contribution < -0.4 is 5.32 Å². The van der Waals surface area contributed by atoms with Gasteiger partial charge in [0.1, 0.15) is 11.6 Å². The summed E-state index contributed by atoms with van der Waals surface area (Å²) >= 11 is 1.63. The van der Waals surface area contributed by atoms with Gasteiger partial charge in [-0.2, -0.15) is 0 Å². The Morgan fingerprint density at radius 1 is 1.33 bits per heavy atom.